The molecule has 0 spiro atoms. The van der Waals surface area contributed by atoms with Crippen LogP contribution in [0.4, 0.5) is 0 Å². The Kier molecular flexibility index (Phi) is 4.94. The summed E-state index contributed by atoms with van der Waals surface area (Å²) in [4.78, 5) is 11.1. The van der Waals surface area contributed by atoms with Crippen LogP contribution in [0.2, 0.25) is 0 Å². The van der Waals surface area contributed by atoms with Crippen LogP contribution in [0.5, 0.6) is 5.75 Å². The van der Waals surface area contributed by atoms with E-state index in [0.29, 0.717) is 24.5 Å². The number of hydrogen-bond donors (Lipinski definition) is 2. The molecule has 0 fully saturated rings. The fraction of sp³-hybridized carbons (Fsp3) is 0.357. The predicted molar refractivity (Wildman–Crippen MR) is 74.5 cm³/mol. The van der Waals surface area contributed by atoms with E-state index in [2.05, 4.69) is 5.32 Å². The average Bonchev–Trinajstić information content (AvgIpc) is 2.42. The molecule has 0 bridgehead atoms. The highest BCUT2D eigenvalue weighted by molar-refractivity contribution is 5.77. The molecule has 19 heavy (non-hydrogen) atoms. The van der Waals surface area contributed by atoms with Gasteiger partial charge in [0, 0.05) is 30.6 Å². The van der Waals surface area contributed by atoms with Gasteiger partial charge in [-0.1, -0.05) is 0 Å². The van der Waals surface area contributed by atoms with E-state index in [1.807, 2.05) is 12.1 Å². The Morgan fingerprint density at radius 3 is 2.89 bits per heavy atom. The second-order valence-electron chi connectivity index (χ2n) is 4.19. The van der Waals surface area contributed by atoms with E-state index in [-0.39, 0.29) is 5.63 Å². The molecule has 5 nitrogen and oxygen atoms in total. The molecule has 0 aliphatic heterocycles. The summed E-state index contributed by atoms with van der Waals surface area (Å²) in [6.45, 7) is 2.95. The lowest BCUT2D eigenvalue weighted by Crippen LogP contribution is -2.24. The first-order valence-electron chi connectivity index (χ1n) is 6.37. The van der Waals surface area contributed by atoms with Gasteiger partial charge < -0.3 is 20.2 Å². The van der Waals surface area contributed by atoms with Gasteiger partial charge in [-0.3, -0.25) is 0 Å². The van der Waals surface area contributed by atoms with Crippen LogP contribution in [-0.2, 0) is 0 Å². The molecule has 0 aliphatic carbocycles. The Morgan fingerprint density at radius 2 is 2.05 bits per heavy atom. The Bertz CT molecular complexity index is 580. The van der Waals surface area contributed by atoms with E-state index in [4.69, 9.17) is 14.9 Å². The molecule has 0 radical (unpaired) electrons. The minimum Gasteiger partial charge on any atom is -0.493 e. The summed E-state index contributed by atoms with van der Waals surface area (Å²) in [5.74, 6) is 0.709. The van der Waals surface area contributed by atoms with Gasteiger partial charge in [0.25, 0.3) is 0 Å². The summed E-state index contributed by atoms with van der Waals surface area (Å²) in [7, 11) is 0. The SMILES string of the molecule is NCCNCCCOc1ccc2ccc(=O)oc2c1. The van der Waals surface area contributed by atoms with Crippen molar-refractivity contribution >= 4 is 11.0 Å². The maximum absolute atomic E-state index is 11.1. The number of nitrogens with one attached hydrogen (secondary N) is 1. The third-order valence-corrected chi connectivity index (χ3v) is 2.68. The lowest BCUT2D eigenvalue weighted by molar-refractivity contribution is 0.308. The maximum Gasteiger partial charge on any atom is 0.336 e. The quantitative estimate of drug-likeness (QED) is 0.577. The van der Waals surface area contributed by atoms with E-state index < -0.39 is 0 Å². The molecule has 1 heterocycles. The molecular formula is C14H18N2O3. The fourth-order valence-corrected chi connectivity index (χ4v) is 1.75. The largest absolute Gasteiger partial charge is 0.493 e. The number of ether oxygens (including phenoxy) is 1. The summed E-state index contributed by atoms with van der Waals surface area (Å²) in [6.07, 6.45) is 0.900. The van der Waals surface area contributed by atoms with Gasteiger partial charge in [-0.05, 0) is 31.2 Å². The van der Waals surface area contributed by atoms with E-state index >= 15 is 0 Å². The number of nitrogens with two attached hydrogens (primary N) is 1. The van der Waals surface area contributed by atoms with E-state index in [1.54, 1.807) is 12.1 Å². The van der Waals surface area contributed by atoms with Gasteiger partial charge in [-0.2, -0.15) is 0 Å². The first-order chi connectivity index (χ1) is 9.29. The van der Waals surface area contributed by atoms with Crippen molar-refractivity contribution in [2.45, 2.75) is 6.42 Å². The summed E-state index contributed by atoms with van der Waals surface area (Å²) in [6, 6.07) is 8.63. The summed E-state index contributed by atoms with van der Waals surface area (Å²) in [5, 5.41) is 4.08. The van der Waals surface area contributed by atoms with Gasteiger partial charge in [0.05, 0.1) is 6.61 Å². The minimum absolute atomic E-state index is 0.351. The maximum atomic E-state index is 11.1. The first kappa shape index (κ1) is 13.6. The molecule has 0 amide bonds. The Labute approximate surface area is 111 Å². The topological polar surface area (TPSA) is 77.5 Å². The zero-order chi connectivity index (χ0) is 13.5. The molecule has 102 valence electrons. The highest BCUT2D eigenvalue weighted by Gasteiger charge is 2.00. The van der Waals surface area contributed by atoms with Crippen LogP contribution in [0.15, 0.2) is 39.5 Å². The van der Waals surface area contributed by atoms with Crippen molar-refractivity contribution < 1.29 is 9.15 Å². The lowest BCUT2D eigenvalue weighted by atomic mass is 10.2. The number of rotatable bonds is 7. The monoisotopic (exact) mass is 262 g/mol. The van der Waals surface area contributed by atoms with Crippen LogP contribution < -0.4 is 21.4 Å². The van der Waals surface area contributed by atoms with Crippen LogP contribution in [0.25, 0.3) is 11.0 Å². The van der Waals surface area contributed by atoms with Crippen molar-refractivity contribution in [2.75, 3.05) is 26.2 Å². The molecule has 2 rings (SSSR count). The molecular weight excluding hydrogens is 244 g/mol. The smallest absolute Gasteiger partial charge is 0.336 e. The fourth-order valence-electron chi connectivity index (χ4n) is 1.75. The van der Waals surface area contributed by atoms with Crippen LogP contribution >= 0.6 is 0 Å². The summed E-state index contributed by atoms with van der Waals surface area (Å²) >= 11 is 0. The van der Waals surface area contributed by atoms with Gasteiger partial charge in [0.1, 0.15) is 11.3 Å². The van der Waals surface area contributed by atoms with Crippen molar-refractivity contribution in [3.8, 4) is 5.75 Å². The standard InChI is InChI=1S/C14H18N2O3/c15-6-8-16-7-1-9-18-12-4-2-11-3-5-14(17)19-13(11)10-12/h2-5,10,16H,1,6-9,15H2. The number of fused-ring (bicyclic) bond motifs is 1. The van der Waals surface area contributed by atoms with Crippen molar-refractivity contribution in [1.29, 1.82) is 0 Å². The van der Waals surface area contributed by atoms with Crippen molar-refractivity contribution in [1.82, 2.24) is 5.32 Å². The van der Waals surface area contributed by atoms with Crippen LogP contribution in [-0.4, -0.2) is 26.2 Å². The molecule has 0 unspecified atom stereocenters. The summed E-state index contributed by atoms with van der Waals surface area (Å²) < 4.78 is 10.7. The third kappa shape index (κ3) is 4.08. The van der Waals surface area contributed by atoms with Crippen molar-refractivity contribution in [3.63, 3.8) is 0 Å². The van der Waals surface area contributed by atoms with Gasteiger partial charge in [-0.25, -0.2) is 4.79 Å². The molecule has 2 aromatic rings. The van der Waals surface area contributed by atoms with Crippen LogP contribution in [0.3, 0.4) is 0 Å². The van der Waals surface area contributed by atoms with Crippen LogP contribution in [0.1, 0.15) is 6.42 Å². The first-order valence-corrected chi connectivity index (χ1v) is 6.37. The lowest BCUT2D eigenvalue weighted by Gasteiger charge is -2.07. The number of benzene rings is 1. The van der Waals surface area contributed by atoms with Crippen molar-refractivity contribution in [2.24, 2.45) is 5.73 Å². The Hall–Kier alpha value is -1.85. The van der Waals surface area contributed by atoms with Crippen LogP contribution in [0, 0.1) is 0 Å². The van der Waals surface area contributed by atoms with Gasteiger partial charge in [0.2, 0.25) is 0 Å². The van der Waals surface area contributed by atoms with Gasteiger partial charge in [0.15, 0.2) is 0 Å². The summed E-state index contributed by atoms with van der Waals surface area (Å²) in [5.41, 5.74) is 5.57. The molecule has 3 N–H and O–H groups in total. The molecule has 5 heteroatoms. The van der Waals surface area contributed by atoms with E-state index in [9.17, 15) is 4.79 Å². The zero-order valence-electron chi connectivity index (χ0n) is 10.7. The molecule has 0 aliphatic rings. The van der Waals surface area contributed by atoms with E-state index in [0.717, 1.165) is 24.9 Å². The second kappa shape index (κ2) is 6.92. The minimum atomic E-state index is -0.351. The normalized spacial score (nSPS) is 10.8. The molecule has 0 saturated carbocycles. The predicted octanol–water partition coefficient (Wildman–Crippen LogP) is 1.11. The Balaban J connectivity index is 1.88. The molecule has 1 aromatic heterocycles. The second-order valence-corrected chi connectivity index (χ2v) is 4.19. The van der Waals surface area contributed by atoms with Gasteiger partial charge >= 0.3 is 5.63 Å². The Morgan fingerprint density at radius 1 is 1.21 bits per heavy atom. The average molecular weight is 262 g/mol. The molecule has 1 aromatic carbocycles. The number of hydrogen-bond acceptors (Lipinski definition) is 5. The zero-order valence-corrected chi connectivity index (χ0v) is 10.7. The highest BCUT2D eigenvalue weighted by Crippen LogP contribution is 2.19. The highest BCUT2D eigenvalue weighted by atomic mass is 16.5. The van der Waals surface area contributed by atoms with E-state index in [1.165, 1.54) is 6.07 Å². The van der Waals surface area contributed by atoms with Crippen molar-refractivity contribution in [3.05, 3.63) is 40.8 Å². The third-order valence-electron chi connectivity index (χ3n) is 2.68. The van der Waals surface area contributed by atoms with Gasteiger partial charge in [-0.15, -0.1) is 0 Å². The molecule has 0 saturated heterocycles. The molecule has 0 atom stereocenters.